The third kappa shape index (κ3) is 26.9. The highest BCUT2D eigenvalue weighted by molar-refractivity contribution is 7.90. The molecule has 5 aromatic carbocycles. The van der Waals surface area contributed by atoms with Crippen molar-refractivity contribution >= 4 is 43.9 Å². The van der Waals surface area contributed by atoms with E-state index in [2.05, 4.69) is 196 Å². The molecule has 0 aliphatic carbocycles. The summed E-state index contributed by atoms with van der Waals surface area (Å²) >= 11 is 0. The molecule has 87 heavy (non-hydrogen) atoms. The normalized spacial score (nSPS) is 11.9. The molecular formula is C84H125P3+2. The van der Waals surface area contributed by atoms with Crippen molar-refractivity contribution in [3.63, 3.8) is 0 Å². The maximum absolute atomic E-state index is 2.57. The van der Waals surface area contributed by atoms with E-state index in [4.69, 9.17) is 0 Å². The second-order valence-electron chi connectivity index (χ2n) is 26.2. The quantitative estimate of drug-likeness (QED) is 0.0264. The van der Waals surface area contributed by atoms with Crippen LogP contribution in [0.15, 0.2) is 176 Å². The highest BCUT2D eigenvalue weighted by Gasteiger charge is 2.44. The van der Waals surface area contributed by atoms with Crippen molar-refractivity contribution in [2.75, 3.05) is 24.6 Å². The number of rotatable bonds is 50. The van der Waals surface area contributed by atoms with Crippen LogP contribution in [0.4, 0.5) is 0 Å². The van der Waals surface area contributed by atoms with Crippen LogP contribution in [-0.2, 0) is 19.3 Å². The number of hydrogen-bond donors (Lipinski definition) is 0. The first-order valence-electron chi connectivity index (χ1n) is 36.7. The van der Waals surface area contributed by atoms with Gasteiger partial charge in [-0.3, -0.25) is 0 Å². The summed E-state index contributed by atoms with van der Waals surface area (Å²) in [6.07, 6.45) is 58.4. The van der Waals surface area contributed by atoms with Crippen LogP contribution in [0.1, 0.15) is 268 Å². The molecule has 1 atom stereocenters. The smallest absolute Gasteiger partial charge is 0.0991 e. The summed E-state index contributed by atoms with van der Waals surface area (Å²) in [4.78, 5) is 0. The lowest BCUT2D eigenvalue weighted by molar-refractivity contribution is 0.544. The molecule has 0 bridgehead atoms. The van der Waals surface area contributed by atoms with Gasteiger partial charge in [0, 0.05) is 12.8 Å². The minimum absolute atomic E-state index is 0.667. The Hall–Kier alpha value is -3.78. The predicted octanol–water partition coefficient (Wildman–Crippen LogP) is 25.6. The molecule has 6 aromatic rings. The largest absolute Gasteiger partial charge is 0.136 e. The molecule has 0 fully saturated rings. The Balaban J connectivity index is 1.38. The van der Waals surface area contributed by atoms with Crippen LogP contribution in [0, 0.1) is 0 Å². The second kappa shape index (κ2) is 46.3. The predicted molar refractivity (Wildman–Crippen MR) is 401 cm³/mol. The Labute approximate surface area is 539 Å². The van der Waals surface area contributed by atoms with Crippen molar-refractivity contribution in [2.45, 2.75) is 271 Å². The van der Waals surface area contributed by atoms with Crippen LogP contribution in [-0.4, -0.2) is 24.6 Å². The molecule has 0 saturated carbocycles. The summed E-state index contributed by atoms with van der Waals surface area (Å²) in [6.45, 7) is 6.99. The Bertz CT molecular complexity index is 2540. The molecule has 0 aliphatic rings. The van der Waals surface area contributed by atoms with E-state index in [9.17, 15) is 0 Å². The van der Waals surface area contributed by atoms with Gasteiger partial charge in [-0.15, -0.1) is 8.19 Å². The van der Waals surface area contributed by atoms with Crippen molar-refractivity contribution in [1.82, 2.24) is 0 Å². The van der Waals surface area contributed by atoms with Gasteiger partial charge < -0.3 is 0 Å². The topological polar surface area (TPSA) is 0 Å². The number of aryl methyl sites for hydroxylation is 1. The number of benzene rings is 5. The molecule has 0 N–H and O–H groups in total. The van der Waals surface area contributed by atoms with E-state index in [1.165, 1.54) is 267 Å². The first-order valence-corrected chi connectivity index (χ1v) is 42.1. The monoisotopic (exact) mass is 1230 g/mol. The van der Waals surface area contributed by atoms with Crippen LogP contribution in [0.25, 0.3) is 11.1 Å². The highest BCUT2D eigenvalue weighted by atomic mass is 31.2. The molecule has 3 heteroatoms. The maximum Gasteiger partial charge on any atom is 0.0991 e. The summed E-state index contributed by atoms with van der Waals surface area (Å²) in [7, 11) is -3.00. The van der Waals surface area contributed by atoms with Crippen LogP contribution < -0.4 is 21.2 Å². The van der Waals surface area contributed by atoms with Crippen LogP contribution in [0.3, 0.4) is 0 Å². The van der Waals surface area contributed by atoms with Gasteiger partial charge in [-0.1, -0.05) is 341 Å². The lowest BCUT2D eigenvalue weighted by atomic mass is 9.91. The molecule has 1 unspecified atom stereocenters. The lowest BCUT2D eigenvalue weighted by Gasteiger charge is -2.30. The Kier molecular flexibility index (Phi) is 38.5. The third-order valence-electron chi connectivity index (χ3n) is 19.4. The Morgan fingerprint density at radius 3 is 0.874 bits per heavy atom. The third-order valence-corrected chi connectivity index (χ3v) is 30.0. The van der Waals surface area contributed by atoms with Crippen LogP contribution in [0.2, 0.25) is 0 Å². The molecule has 0 saturated heterocycles. The fraction of sp³-hybridized carbons (Fsp3) is 0.548. The zero-order chi connectivity index (χ0) is 60.8. The van der Waals surface area contributed by atoms with Crippen LogP contribution >= 0.6 is 22.7 Å². The van der Waals surface area contributed by atoms with Gasteiger partial charge in [0.05, 0.1) is 60.4 Å². The Morgan fingerprint density at radius 2 is 0.529 bits per heavy atom. The van der Waals surface area contributed by atoms with Gasteiger partial charge in [0.25, 0.3) is 0 Å². The van der Waals surface area contributed by atoms with Gasteiger partial charge in [-0.2, -0.15) is 0 Å². The Morgan fingerprint density at radius 1 is 0.241 bits per heavy atom. The van der Waals surface area contributed by atoms with E-state index in [0.29, 0.717) is 8.19 Å². The summed E-state index contributed by atoms with van der Waals surface area (Å²) in [6, 6.07) is 67.1. The minimum atomic E-state index is -1.85. The maximum atomic E-state index is 2.57. The molecule has 0 nitrogen and oxygen atoms in total. The molecule has 474 valence electrons. The van der Waals surface area contributed by atoms with Gasteiger partial charge in [0.2, 0.25) is 0 Å². The molecule has 0 spiro atoms. The minimum Gasteiger partial charge on any atom is -0.136 e. The van der Waals surface area contributed by atoms with Crippen molar-refractivity contribution in [2.24, 2.45) is 0 Å². The fourth-order valence-electron chi connectivity index (χ4n) is 14.2. The second-order valence-corrected chi connectivity index (χ2v) is 35.1. The number of hydrogen-bond acceptors (Lipinski definition) is 0. The van der Waals surface area contributed by atoms with Crippen molar-refractivity contribution < 1.29 is 0 Å². The van der Waals surface area contributed by atoms with Gasteiger partial charge in [0.15, 0.2) is 0 Å². The zero-order valence-electron chi connectivity index (χ0n) is 56.0. The van der Waals surface area contributed by atoms with Crippen LogP contribution in [0.5, 0.6) is 0 Å². The van der Waals surface area contributed by atoms with Crippen molar-refractivity contribution in [3.05, 3.63) is 192 Å². The van der Waals surface area contributed by atoms with E-state index < -0.39 is 14.5 Å². The average molecular weight is 1230 g/mol. The fourth-order valence-corrected chi connectivity index (χ4v) is 24.3. The molecule has 1 aromatic heterocycles. The van der Waals surface area contributed by atoms with Gasteiger partial charge in [0.1, 0.15) is 0 Å². The lowest BCUT2D eigenvalue weighted by Crippen LogP contribution is -2.29. The standard InChI is InChI=1S/C84H125P3/c1-4-7-10-13-16-19-22-25-28-31-34-52-68-82-81(76-57-42-37-43-58-76)67-53-54-71-85-84(70-75-87(79-63-48-40-49-64-79,80-65-50-41-51-66-80)73-56-36-33-30-27-24-21-18-15-12-9-6-3)83(82)69-74-86(77-59-44-38-45-60-77,78-61-46-39-47-62-78)72-55-35-32-29-26-23-20-17-14-11-8-5-2/h37-51,53-54,57-67,71,85H,4-36,52,55-56,68-70,72-75H2,1-3H3/q+2. The molecular weight excluding hydrogens is 1100 g/mol. The zero-order valence-corrected chi connectivity index (χ0v) is 58.8. The van der Waals surface area contributed by atoms with E-state index in [1.54, 1.807) is 37.6 Å². The van der Waals surface area contributed by atoms with E-state index in [-0.39, 0.29) is 0 Å². The summed E-state index contributed by atoms with van der Waals surface area (Å²) < 4.78 is 0. The first kappa shape index (κ1) is 72.3. The van der Waals surface area contributed by atoms with Gasteiger partial charge >= 0.3 is 0 Å². The number of unbranched alkanes of at least 4 members (excludes halogenated alkanes) is 33. The molecule has 0 amide bonds. The molecule has 1 heterocycles. The van der Waals surface area contributed by atoms with Crippen molar-refractivity contribution in [1.29, 1.82) is 0 Å². The van der Waals surface area contributed by atoms with E-state index in [1.807, 2.05) is 0 Å². The first-order chi connectivity index (χ1) is 43.1. The summed E-state index contributed by atoms with van der Waals surface area (Å²) in [5.41, 5.74) is 6.23. The van der Waals surface area contributed by atoms with Crippen molar-refractivity contribution in [3.8, 4) is 11.1 Å². The summed E-state index contributed by atoms with van der Waals surface area (Å²) in [5, 5.41) is 8.20. The molecule has 0 radical (unpaired) electrons. The van der Waals surface area contributed by atoms with E-state index >= 15 is 0 Å². The molecule has 6 rings (SSSR count). The van der Waals surface area contributed by atoms with Gasteiger partial charge in [-0.25, -0.2) is 0 Å². The highest BCUT2D eigenvalue weighted by Crippen LogP contribution is 2.60. The molecule has 0 aliphatic heterocycles. The average Bonchev–Trinajstić information content (AvgIpc) is 1.76. The van der Waals surface area contributed by atoms with E-state index in [0.717, 1.165) is 19.3 Å². The van der Waals surface area contributed by atoms with Gasteiger partial charge in [-0.05, 0) is 120 Å². The SMILES string of the molecule is CCCCCCCCCCCCCCc1c(-c2ccccc2)cccc[pH]c(CC[P+](CCCCCCCCCCCCCC)(c2ccccc2)c2ccccc2)c1CC[P+](CCCCCCCCCCCCCC)(c1ccccc1)c1ccccc1. The summed E-state index contributed by atoms with van der Waals surface area (Å²) in [5.74, 6) is 2.57.